The van der Waals surface area contributed by atoms with Crippen molar-refractivity contribution in [3.8, 4) is 5.88 Å². The van der Waals surface area contributed by atoms with E-state index in [1.165, 1.54) is 6.20 Å². The third-order valence-corrected chi connectivity index (χ3v) is 2.61. The van der Waals surface area contributed by atoms with Crippen LogP contribution >= 0.6 is 0 Å². The van der Waals surface area contributed by atoms with Crippen molar-refractivity contribution < 1.29 is 23.8 Å². The molecule has 0 radical (unpaired) electrons. The highest BCUT2D eigenvalue weighted by molar-refractivity contribution is 5.94. The van der Waals surface area contributed by atoms with E-state index in [9.17, 15) is 9.59 Å². The fraction of sp³-hybridized carbons (Fsp3) is 0.562. The number of hydrogen-bond acceptors (Lipinski definition) is 6. The van der Waals surface area contributed by atoms with Crippen LogP contribution in [-0.2, 0) is 9.47 Å². The molecule has 0 spiro atoms. The van der Waals surface area contributed by atoms with Crippen LogP contribution in [0.2, 0.25) is 0 Å². The molecule has 1 heterocycles. The number of methoxy groups -OCH3 is 1. The number of rotatable bonds is 8. The van der Waals surface area contributed by atoms with Crippen molar-refractivity contribution in [1.82, 2.24) is 15.6 Å². The van der Waals surface area contributed by atoms with Crippen molar-refractivity contribution in [1.29, 1.82) is 0 Å². The Morgan fingerprint density at radius 2 is 1.88 bits per heavy atom. The summed E-state index contributed by atoms with van der Waals surface area (Å²) in [6.45, 7) is 6.68. The first kappa shape index (κ1) is 19.7. The van der Waals surface area contributed by atoms with Gasteiger partial charge in [-0.05, 0) is 26.8 Å². The first-order valence-corrected chi connectivity index (χ1v) is 7.64. The fourth-order valence-electron chi connectivity index (χ4n) is 1.62. The SMILES string of the molecule is COCCOc1cc(C(=O)NCCNC(=O)OC(C)(C)C)ccn1. The molecule has 0 aliphatic carbocycles. The smallest absolute Gasteiger partial charge is 0.407 e. The van der Waals surface area contributed by atoms with Crippen LogP contribution in [0.3, 0.4) is 0 Å². The molecule has 1 aromatic rings. The predicted octanol–water partition coefficient (Wildman–Crippen LogP) is 1.36. The van der Waals surface area contributed by atoms with Gasteiger partial charge in [0.25, 0.3) is 5.91 Å². The number of nitrogens with one attached hydrogen (secondary N) is 2. The van der Waals surface area contributed by atoms with Gasteiger partial charge in [0.2, 0.25) is 5.88 Å². The number of ether oxygens (including phenoxy) is 3. The molecule has 134 valence electrons. The van der Waals surface area contributed by atoms with Crippen LogP contribution in [0, 0.1) is 0 Å². The predicted molar refractivity (Wildman–Crippen MR) is 88.2 cm³/mol. The normalized spacial score (nSPS) is 10.8. The quantitative estimate of drug-likeness (QED) is 0.694. The first-order valence-electron chi connectivity index (χ1n) is 7.64. The molecule has 0 aliphatic heterocycles. The Labute approximate surface area is 141 Å². The van der Waals surface area contributed by atoms with E-state index >= 15 is 0 Å². The second-order valence-electron chi connectivity index (χ2n) is 5.91. The van der Waals surface area contributed by atoms with Gasteiger partial charge in [0, 0.05) is 38.0 Å². The van der Waals surface area contributed by atoms with E-state index in [-0.39, 0.29) is 19.0 Å². The molecule has 0 aromatic carbocycles. The maximum Gasteiger partial charge on any atom is 0.407 e. The molecule has 0 fully saturated rings. The maximum atomic E-state index is 12.0. The van der Waals surface area contributed by atoms with E-state index in [4.69, 9.17) is 14.2 Å². The summed E-state index contributed by atoms with van der Waals surface area (Å²) in [7, 11) is 1.58. The summed E-state index contributed by atoms with van der Waals surface area (Å²) in [5, 5.41) is 5.26. The monoisotopic (exact) mass is 339 g/mol. The van der Waals surface area contributed by atoms with E-state index in [1.54, 1.807) is 40.0 Å². The molecule has 0 unspecified atom stereocenters. The van der Waals surface area contributed by atoms with E-state index in [0.717, 1.165) is 0 Å². The van der Waals surface area contributed by atoms with Crippen LogP contribution in [0.25, 0.3) is 0 Å². The van der Waals surface area contributed by atoms with Gasteiger partial charge in [-0.25, -0.2) is 9.78 Å². The number of amides is 2. The number of carbonyl (C=O) groups is 2. The summed E-state index contributed by atoms with van der Waals surface area (Å²) in [4.78, 5) is 27.5. The zero-order valence-electron chi connectivity index (χ0n) is 14.5. The molecular formula is C16H25N3O5. The van der Waals surface area contributed by atoms with Crippen molar-refractivity contribution in [2.45, 2.75) is 26.4 Å². The molecular weight excluding hydrogens is 314 g/mol. The third-order valence-electron chi connectivity index (χ3n) is 2.61. The highest BCUT2D eigenvalue weighted by atomic mass is 16.6. The highest BCUT2D eigenvalue weighted by Crippen LogP contribution is 2.09. The molecule has 24 heavy (non-hydrogen) atoms. The lowest BCUT2D eigenvalue weighted by molar-refractivity contribution is 0.0526. The standard InChI is InChI=1S/C16H25N3O5/c1-16(2,3)24-15(21)19-8-7-18-14(20)12-5-6-17-13(11-12)23-10-9-22-4/h5-6,11H,7-10H2,1-4H3,(H,18,20)(H,19,21). The molecule has 8 nitrogen and oxygen atoms in total. The van der Waals surface area contributed by atoms with Crippen molar-refractivity contribution in [3.05, 3.63) is 23.9 Å². The molecule has 0 saturated heterocycles. The lowest BCUT2D eigenvalue weighted by Gasteiger charge is -2.19. The molecule has 0 atom stereocenters. The Balaban J connectivity index is 2.35. The van der Waals surface area contributed by atoms with Crippen molar-refractivity contribution >= 4 is 12.0 Å². The number of aromatic nitrogens is 1. The van der Waals surface area contributed by atoms with Gasteiger partial charge in [-0.15, -0.1) is 0 Å². The number of nitrogens with zero attached hydrogens (tertiary/aromatic N) is 1. The number of hydrogen-bond donors (Lipinski definition) is 2. The summed E-state index contributed by atoms with van der Waals surface area (Å²) in [6, 6.07) is 3.13. The van der Waals surface area contributed by atoms with Gasteiger partial charge in [-0.1, -0.05) is 0 Å². The van der Waals surface area contributed by atoms with Crippen LogP contribution in [-0.4, -0.2) is 56.0 Å². The van der Waals surface area contributed by atoms with Gasteiger partial charge in [-0.3, -0.25) is 4.79 Å². The van der Waals surface area contributed by atoms with Gasteiger partial charge >= 0.3 is 6.09 Å². The molecule has 0 bridgehead atoms. The van der Waals surface area contributed by atoms with E-state index in [1.807, 2.05) is 0 Å². The van der Waals surface area contributed by atoms with Gasteiger partial charge in [0.05, 0.1) is 6.61 Å². The highest BCUT2D eigenvalue weighted by Gasteiger charge is 2.15. The van der Waals surface area contributed by atoms with Crippen LogP contribution in [0.15, 0.2) is 18.3 Å². The van der Waals surface area contributed by atoms with E-state index in [2.05, 4.69) is 15.6 Å². The Kier molecular flexibility index (Phi) is 7.97. The van der Waals surface area contributed by atoms with Crippen LogP contribution < -0.4 is 15.4 Å². The molecule has 1 rings (SSSR count). The van der Waals surface area contributed by atoms with E-state index in [0.29, 0.717) is 24.7 Å². The Morgan fingerprint density at radius 1 is 1.17 bits per heavy atom. The second-order valence-corrected chi connectivity index (χ2v) is 5.91. The van der Waals surface area contributed by atoms with Gasteiger partial charge in [0.1, 0.15) is 12.2 Å². The van der Waals surface area contributed by atoms with Gasteiger partial charge in [-0.2, -0.15) is 0 Å². The van der Waals surface area contributed by atoms with Crippen molar-refractivity contribution in [2.75, 3.05) is 33.4 Å². The third kappa shape index (κ3) is 8.33. The number of alkyl carbamates (subject to hydrolysis) is 1. The summed E-state index contributed by atoms with van der Waals surface area (Å²) in [5.41, 5.74) is -0.126. The zero-order valence-corrected chi connectivity index (χ0v) is 14.5. The molecule has 0 aliphatic rings. The van der Waals surface area contributed by atoms with Crippen LogP contribution in [0.1, 0.15) is 31.1 Å². The lowest BCUT2D eigenvalue weighted by atomic mass is 10.2. The van der Waals surface area contributed by atoms with Crippen molar-refractivity contribution in [3.63, 3.8) is 0 Å². The molecule has 1 aromatic heterocycles. The fourth-order valence-corrected chi connectivity index (χ4v) is 1.62. The van der Waals surface area contributed by atoms with Crippen LogP contribution in [0.4, 0.5) is 4.79 Å². The Hall–Kier alpha value is -2.35. The van der Waals surface area contributed by atoms with Crippen molar-refractivity contribution in [2.24, 2.45) is 0 Å². The summed E-state index contributed by atoms with van der Waals surface area (Å²) >= 11 is 0. The summed E-state index contributed by atoms with van der Waals surface area (Å²) in [5.74, 6) is 0.0755. The van der Waals surface area contributed by atoms with E-state index < -0.39 is 11.7 Å². The lowest BCUT2D eigenvalue weighted by Crippen LogP contribution is -2.37. The second kappa shape index (κ2) is 9.71. The number of carbonyl (C=O) groups excluding carboxylic acids is 2. The topological polar surface area (TPSA) is 98.8 Å². The summed E-state index contributed by atoms with van der Waals surface area (Å²) < 4.78 is 15.3. The average Bonchev–Trinajstić information content (AvgIpc) is 2.50. The minimum atomic E-state index is -0.552. The van der Waals surface area contributed by atoms with Crippen LogP contribution in [0.5, 0.6) is 5.88 Å². The average molecular weight is 339 g/mol. The minimum absolute atomic E-state index is 0.267. The van der Waals surface area contributed by atoms with Gasteiger partial charge < -0.3 is 24.8 Å². The largest absolute Gasteiger partial charge is 0.475 e. The minimum Gasteiger partial charge on any atom is -0.475 e. The van der Waals surface area contributed by atoms with Gasteiger partial charge in [0.15, 0.2) is 0 Å². The first-order chi connectivity index (χ1) is 11.3. The molecule has 0 saturated carbocycles. The molecule has 8 heteroatoms. The molecule has 2 amide bonds. The number of pyridine rings is 1. The zero-order chi connectivity index (χ0) is 18.0. The Morgan fingerprint density at radius 3 is 2.54 bits per heavy atom. The maximum absolute atomic E-state index is 12.0. The summed E-state index contributed by atoms with van der Waals surface area (Å²) in [6.07, 6.45) is 0.977. The Bertz CT molecular complexity index is 543. The molecule has 2 N–H and O–H groups in total.